The Kier molecular flexibility index (Phi) is 4.97. The Labute approximate surface area is 187 Å². The molecule has 0 aliphatic heterocycles. The third-order valence-electron chi connectivity index (χ3n) is 5.04. The molecule has 0 radical (unpaired) electrons. The standard InChI is InChI=1S/C24H17N5O2S/c25-24(32)27-26-13-16-14-29(17-7-2-1-3-8-17)28-22(16)20-12-19-18-9-5-4-6-15(18)10-11-21(19)31-23(20)30/h1-14H,(H3,25,27,32). The van der Waals surface area contributed by atoms with Gasteiger partial charge in [-0.3, -0.25) is 5.43 Å². The van der Waals surface area contributed by atoms with E-state index >= 15 is 0 Å². The number of fused-ring (bicyclic) bond motifs is 3. The molecule has 0 spiro atoms. The molecule has 0 saturated carbocycles. The number of para-hydroxylation sites is 1. The van der Waals surface area contributed by atoms with Crippen LogP contribution in [0.25, 0.3) is 38.7 Å². The first-order valence-corrected chi connectivity index (χ1v) is 10.2. The molecule has 0 aliphatic rings. The van der Waals surface area contributed by atoms with Gasteiger partial charge in [0.1, 0.15) is 11.3 Å². The Morgan fingerprint density at radius 3 is 2.66 bits per heavy atom. The van der Waals surface area contributed by atoms with Crippen molar-refractivity contribution in [2.24, 2.45) is 10.8 Å². The van der Waals surface area contributed by atoms with Crippen LogP contribution in [0.15, 0.2) is 93.3 Å². The van der Waals surface area contributed by atoms with Crippen molar-refractivity contribution in [1.29, 1.82) is 0 Å². The van der Waals surface area contributed by atoms with E-state index in [1.54, 1.807) is 16.9 Å². The molecule has 0 bridgehead atoms. The lowest BCUT2D eigenvalue weighted by molar-refractivity contribution is 0.563. The van der Waals surface area contributed by atoms with Crippen LogP contribution in [0.4, 0.5) is 0 Å². The lowest BCUT2D eigenvalue weighted by Crippen LogP contribution is -2.24. The average Bonchev–Trinajstić information content (AvgIpc) is 3.22. The van der Waals surface area contributed by atoms with Crippen molar-refractivity contribution < 1.29 is 4.42 Å². The maximum absolute atomic E-state index is 12.9. The highest BCUT2D eigenvalue weighted by Gasteiger charge is 2.17. The maximum atomic E-state index is 12.9. The fourth-order valence-corrected chi connectivity index (χ4v) is 3.66. The van der Waals surface area contributed by atoms with Gasteiger partial charge in [0.25, 0.3) is 0 Å². The van der Waals surface area contributed by atoms with Gasteiger partial charge in [-0.1, -0.05) is 48.5 Å². The van der Waals surface area contributed by atoms with Gasteiger partial charge in [-0.15, -0.1) is 0 Å². The fourth-order valence-electron chi connectivity index (χ4n) is 3.61. The molecule has 0 amide bonds. The molecule has 0 aliphatic carbocycles. The highest BCUT2D eigenvalue weighted by Crippen LogP contribution is 2.28. The van der Waals surface area contributed by atoms with Crippen LogP contribution in [0.1, 0.15) is 5.56 Å². The Bertz CT molecular complexity index is 1550. The molecule has 0 fully saturated rings. The Hall–Kier alpha value is -4.30. The lowest BCUT2D eigenvalue weighted by Gasteiger charge is -2.05. The molecule has 5 rings (SSSR count). The fraction of sp³-hybridized carbons (Fsp3) is 0. The monoisotopic (exact) mass is 439 g/mol. The number of hydrogen-bond donors (Lipinski definition) is 2. The molecule has 0 atom stereocenters. The largest absolute Gasteiger partial charge is 0.422 e. The third-order valence-corrected chi connectivity index (χ3v) is 5.13. The predicted molar refractivity (Wildman–Crippen MR) is 130 cm³/mol. The summed E-state index contributed by atoms with van der Waals surface area (Å²) in [5.41, 5.74) is 10.2. The molecule has 32 heavy (non-hydrogen) atoms. The average molecular weight is 440 g/mol. The summed E-state index contributed by atoms with van der Waals surface area (Å²) in [4.78, 5) is 12.9. The first-order valence-electron chi connectivity index (χ1n) is 9.80. The highest BCUT2D eigenvalue weighted by atomic mass is 32.1. The number of nitrogens with one attached hydrogen (secondary N) is 1. The highest BCUT2D eigenvalue weighted by molar-refractivity contribution is 7.80. The number of thiocarbonyl (C=S) groups is 1. The molecule has 7 nitrogen and oxygen atoms in total. The summed E-state index contributed by atoms with van der Waals surface area (Å²) in [5, 5.41) is 11.6. The summed E-state index contributed by atoms with van der Waals surface area (Å²) in [5.74, 6) is 0. The van der Waals surface area contributed by atoms with Crippen LogP contribution < -0.4 is 16.8 Å². The minimum atomic E-state index is -0.483. The molecule has 5 aromatic rings. The number of hydrogen-bond acceptors (Lipinski definition) is 5. The molecule has 3 aromatic carbocycles. The summed E-state index contributed by atoms with van der Waals surface area (Å²) in [7, 11) is 0. The summed E-state index contributed by atoms with van der Waals surface area (Å²) in [6.45, 7) is 0. The van der Waals surface area contributed by atoms with Crippen LogP contribution in [0, 0.1) is 0 Å². The van der Waals surface area contributed by atoms with Gasteiger partial charge >= 0.3 is 5.63 Å². The van der Waals surface area contributed by atoms with E-state index in [0.717, 1.165) is 21.8 Å². The zero-order chi connectivity index (χ0) is 22.1. The Morgan fingerprint density at radius 2 is 1.84 bits per heavy atom. The SMILES string of the molecule is NC(=S)NN=Cc1cn(-c2ccccc2)nc1-c1cc2c(ccc3ccccc32)oc1=O. The zero-order valence-corrected chi connectivity index (χ0v) is 17.5. The Balaban J connectivity index is 1.73. The van der Waals surface area contributed by atoms with Gasteiger partial charge in [0.05, 0.1) is 17.5 Å². The molecule has 2 heterocycles. The van der Waals surface area contributed by atoms with Gasteiger partial charge in [-0.05, 0) is 47.3 Å². The topological polar surface area (TPSA) is 98.4 Å². The van der Waals surface area contributed by atoms with Gasteiger partial charge in [-0.2, -0.15) is 10.2 Å². The van der Waals surface area contributed by atoms with E-state index in [2.05, 4.69) is 15.6 Å². The molecular formula is C24H17N5O2S. The minimum Gasteiger partial charge on any atom is -0.422 e. The summed E-state index contributed by atoms with van der Waals surface area (Å²) in [6, 6.07) is 23.1. The first kappa shape index (κ1) is 19.7. The summed E-state index contributed by atoms with van der Waals surface area (Å²) >= 11 is 4.80. The zero-order valence-electron chi connectivity index (χ0n) is 16.7. The van der Waals surface area contributed by atoms with Gasteiger partial charge in [0, 0.05) is 17.1 Å². The summed E-state index contributed by atoms with van der Waals surface area (Å²) < 4.78 is 7.35. The molecule has 8 heteroatoms. The second-order valence-corrected chi connectivity index (χ2v) is 7.53. The normalized spacial score (nSPS) is 11.4. The van der Waals surface area contributed by atoms with E-state index in [0.29, 0.717) is 22.4 Å². The first-order chi connectivity index (χ1) is 15.6. The van der Waals surface area contributed by atoms with E-state index in [1.807, 2.05) is 66.7 Å². The van der Waals surface area contributed by atoms with Gasteiger partial charge in [0.15, 0.2) is 5.11 Å². The number of aromatic nitrogens is 2. The molecule has 156 valence electrons. The molecule has 0 saturated heterocycles. The van der Waals surface area contributed by atoms with Gasteiger partial charge in [-0.25, -0.2) is 9.48 Å². The third kappa shape index (κ3) is 3.63. The van der Waals surface area contributed by atoms with Crippen molar-refractivity contribution in [3.8, 4) is 16.9 Å². The smallest absolute Gasteiger partial charge is 0.345 e. The lowest BCUT2D eigenvalue weighted by atomic mass is 10.0. The van der Waals surface area contributed by atoms with E-state index < -0.39 is 5.63 Å². The quantitative estimate of drug-likeness (QED) is 0.145. The van der Waals surface area contributed by atoms with Crippen LogP contribution in [-0.4, -0.2) is 21.1 Å². The van der Waals surface area contributed by atoms with E-state index in [1.165, 1.54) is 6.21 Å². The van der Waals surface area contributed by atoms with Crippen molar-refractivity contribution in [2.45, 2.75) is 0 Å². The van der Waals surface area contributed by atoms with Gasteiger partial charge < -0.3 is 10.2 Å². The van der Waals surface area contributed by atoms with Crippen molar-refractivity contribution in [3.05, 3.63) is 95.0 Å². The van der Waals surface area contributed by atoms with Crippen LogP contribution in [0.5, 0.6) is 0 Å². The second kappa shape index (κ2) is 8.09. The number of rotatable bonds is 4. The van der Waals surface area contributed by atoms with Crippen molar-refractivity contribution in [3.63, 3.8) is 0 Å². The van der Waals surface area contributed by atoms with E-state index in [9.17, 15) is 4.79 Å². The van der Waals surface area contributed by atoms with Crippen LogP contribution in [0.2, 0.25) is 0 Å². The van der Waals surface area contributed by atoms with Crippen molar-refractivity contribution in [2.75, 3.05) is 0 Å². The number of benzene rings is 3. The molecule has 2 aromatic heterocycles. The predicted octanol–water partition coefficient (Wildman–Crippen LogP) is 3.97. The number of nitrogens with zero attached hydrogens (tertiary/aromatic N) is 3. The minimum absolute atomic E-state index is 0.0370. The van der Waals surface area contributed by atoms with Crippen LogP contribution in [-0.2, 0) is 0 Å². The van der Waals surface area contributed by atoms with Gasteiger partial charge in [0.2, 0.25) is 0 Å². The summed E-state index contributed by atoms with van der Waals surface area (Å²) in [6.07, 6.45) is 3.30. The maximum Gasteiger partial charge on any atom is 0.345 e. The second-order valence-electron chi connectivity index (χ2n) is 7.09. The van der Waals surface area contributed by atoms with E-state index in [4.69, 9.17) is 22.4 Å². The molecular weight excluding hydrogens is 422 g/mol. The molecule has 0 unspecified atom stereocenters. The van der Waals surface area contributed by atoms with Crippen molar-refractivity contribution >= 4 is 45.3 Å². The Morgan fingerprint density at radius 1 is 1.06 bits per heavy atom. The molecule has 3 N–H and O–H groups in total. The van der Waals surface area contributed by atoms with Crippen molar-refractivity contribution in [1.82, 2.24) is 15.2 Å². The van der Waals surface area contributed by atoms with Crippen LogP contribution >= 0.6 is 12.2 Å². The van der Waals surface area contributed by atoms with E-state index in [-0.39, 0.29) is 5.11 Å². The number of hydrazone groups is 1. The number of nitrogens with two attached hydrogens (primary N) is 1. The van der Waals surface area contributed by atoms with Crippen LogP contribution in [0.3, 0.4) is 0 Å².